The molecule has 0 amide bonds. The summed E-state index contributed by atoms with van der Waals surface area (Å²) < 4.78 is 28.9. The predicted molar refractivity (Wildman–Crippen MR) is 156 cm³/mol. The normalized spacial score (nSPS) is 31.7. The lowest BCUT2D eigenvalue weighted by atomic mass is 9.80. The summed E-state index contributed by atoms with van der Waals surface area (Å²) in [6.07, 6.45) is 13.4. The van der Waals surface area contributed by atoms with Gasteiger partial charge in [0.1, 0.15) is 11.5 Å². The molecule has 0 N–H and O–H groups in total. The SMILES string of the molecule is CCC1c2cc(OCOC3CCC(CC4CO4)CC3)ccc2-c2ccc(OC(=O)C3CCC(CC4CO4)CC3)cc21. The predicted octanol–water partition coefficient (Wildman–Crippen LogP) is 7.41. The maximum Gasteiger partial charge on any atom is 0.314 e. The molecule has 3 atom stereocenters. The molecule has 6 nitrogen and oxygen atoms in total. The summed E-state index contributed by atoms with van der Waals surface area (Å²) in [5.41, 5.74) is 4.99. The molecule has 2 saturated carbocycles. The van der Waals surface area contributed by atoms with Crippen molar-refractivity contribution in [2.45, 2.75) is 102 Å². The third kappa shape index (κ3) is 6.50. The van der Waals surface area contributed by atoms with E-state index < -0.39 is 0 Å². The van der Waals surface area contributed by atoms with Crippen LogP contribution in [0.5, 0.6) is 11.5 Å². The molecule has 2 heterocycles. The van der Waals surface area contributed by atoms with Crippen LogP contribution in [-0.4, -0.2) is 44.3 Å². The van der Waals surface area contributed by atoms with Gasteiger partial charge in [0.15, 0.2) is 6.79 Å². The van der Waals surface area contributed by atoms with Crippen molar-refractivity contribution in [3.8, 4) is 22.6 Å². The molecule has 0 bridgehead atoms. The fraction of sp³-hybridized carbons (Fsp3) is 0.629. The molecule has 7 rings (SSSR count). The third-order valence-electron chi connectivity index (χ3n) is 10.2. The van der Waals surface area contributed by atoms with Crippen molar-refractivity contribution in [3.63, 3.8) is 0 Å². The van der Waals surface area contributed by atoms with E-state index in [-0.39, 0.29) is 17.8 Å². The number of benzene rings is 2. The zero-order valence-corrected chi connectivity index (χ0v) is 24.4. The second kappa shape index (κ2) is 12.1. The van der Waals surface area contributed by atoms with Gasteiger partial charge in [-0.2, -0.15) is 0 Å². The van der Waals surface area contributed by atoms with Crippen LogP contribution < -0.4 is 9.47 Å². The van der Waals surface area contributed by atoms with Gasteiger partial charge < -0.3 is 23.7 Å². The van der Waals surface area contributed by atoms with Crippen molar-refractivity contribution in [1.82, 2.24) is 0 Å². The number of carbonyl (C=O) groups is 1. The highest BCUT2D eigenvalue weighted by atomic mass is 16.7. The van der Waals surface area contributed by atoms with E-state index in [4.69, 9.17) is 23.7 Å². The number of fused-ring (bicyclic) bond motifs is 3. The lowest BCUT2D eigenvalue weighted by Crippen LogP contribution is -2.26. The molecule has 2 aromatic carbocycles. The van der Waals surface area contributed by atoms with E-state index >= 15 is 0 Å². The number of carbonyl (C=O) groups excluding carboxylic acids is 1. The Balaban J connectivity index is 0.928. The molecule has 3 unspecified atom stereocenters. The minimum Gasteiger partial charge on any atom is -0.468 e. The molecule has 220 valence electrons. The fourth-order valence-electron chi connectivity index (χ4n) is 7.63. The molecule has 0 spiro atoms. The summed E-state index contributed by atoms with van der Waals surface area (Å²) in [4.78, 5) is 13.0. The minimum absolute atomic E-state index is 0.00750. The van der Waals surface area contributed by atoms with Gasteiger partial charge in [-0.1, -0.05) is 19.1 Å². The van der Waals surface area contributed by atoms with E-state index in [1.165, 1.54) is 41.5 Å². The summed E-state index contributed by atoms with van der Waals surface area (Å²) in [6, 6.07) is 12.6. The van der Waals surface area contributed by atoms with Crippen molar-refractivity contribution in [1.29, 1.82) is 0 Å². The zero-order chi connectivity index (χ0) is 27.8. The first-order valence-corrected chi connectivity index (χ1v) is 16.1. The first-order valence-electron chi connectivity index (χ1n) is 16.1. The van der Waals surface area contributed by atoms with E-state index in [0.29, 0.717) is 36.8 Å². The van der Waals surface area contributed by atoms with Gasteiger partial charge in [-0.25, -0.2) is 0 Å². The first-order chi connectivity index (χ1) is 20.1. The van der Waals surface area contributed by atoms with E-state index in [1.807, 2.05) is 6.07 Å². The average Bonchev–Trinajstić information content (AvgIpc) is 3.93. The van der Waals surface area contributed by atoms with Gasteiger partial charge in [0.25, 0.3) is 0 Å². The number of epoxide rings is 2. The maximum absolute atomic E-state index is 13.0. The molecule has 3 aliphatic carbocycles. The lowest BCUT2D eigenvalue weighted by molar-refractivity contribution is -0.140. The summed E-state index contributed by atoms with van der Waals surface area (Å²) >= 11 is 0. The van der Waals surface area contributed by atoms with Crippen molar-refractivity contribution in [3.05, 3.63) is 47.5 Å². The van der Waals surface area contributed by atoms with Gasteiger partial charge in [0.05, 0.1) is 37.4 Å². The van der Waals surface area contributed by atoms with Gasteiger partial charge in [-0.3, -0.25) is 4.79 Å². The molecule has 4 fully saturated rings. The molecule has 2 saturated heterocycles. The number of rotatable bonds is 11. The molecule has 0 radical (unpaired) electrons. The van der Waals surface area contributed by atoms with Gasteiger partial charge in [-0.05, 0) is 129 Å². The zero-order valence-electron chi connectivity index (χ0n) is 24.4. The van der Waals surface area contributed by atoms with Crippen LogP contribution in [0.25, 0.3) is 11.1 Å². The molecule has 0 aromatic heterocycles. The molecule has 2 aromatic rings. The van der Waals surface area contributed by atoms with Crippen molar-refractivity contribution in [2.75, 3.05) is 20.0 Å². The highest BCUT2D eigenvalue weighted by Gasteiger charge is 2.34. The standard InChI is InChI=1S/C35H44O6/c1-2-30-33-17-26(40-21-39-25-9-5-23(6-10-25)16-29-20-38-29)11-13-31(33)32-14-12-27(18-34(30)32)41-35(36)24-7-3-22(4-8-24)15-28-19-37-28/h11-14,17-18,22-25,28-30H,2-10,15-16,19-21H2,1H3. The Morgan fingerprint density at radius 3 is 1.93 bits per heavy atom. The summed E-state index contributed by atoms with van der Waals surface area (Å²) in [5, 5.41) is 0. The van der Waals surface area contributed by atoms with Gasteiger partial charge in [0, 0.05) is 5.92 Å². The molecule has 6 heteroatoms. The Bertz CT molecular complexity index is 1220. The quantitative estimate of drug-likeness (QED) is 0.123. The van der Waals surface area contributed by atoms with Crippen LogP contribution >= 0.6 is 0 Å². The smallest absolute Gasteiger partial charge is 0.314 e. The molecule has 5 aliphatic rings. The van der Waals surface area contributed by atoms with E-state index in [0.717, 1.165) is 76.2 Å². The molecular weight excluding hydrogens is 516 g/mol. The Hall–Kier alpha value is -2.41. The average molecular weight is 561 g/mol. The van der Waals surface area contributed by atoms with E-state index in [2.05, 4.69) is 37.3 Å². The van der Waals surface area contributed by atoms with Crippen molar-refractivity contribution < 1.29 is 28.5 Å². The topological polar surface area (TPSA) is 69.8 Å². The third-order valence-corrected chi connectivity index (χ3v) is 10.2. The number of esters is 1. The largest absolute Gasteiger partial charge is 0.468 e. The van der Waals surface area contributed by atoms with Crippen LogP contribution in [0.4, 0.5) is 0 Å². The molecule has 41 heavy (non-hydrogen) atoms. The van der Waals surface area contributed by atoms with Gasteiger partial charge >= 0.3 is 5.97 Å². The Morgan fingerprint density at radius 2 is 1.34 bits per heavy atom. The van der Waals surface area contributed by atoms with Crippen LogP contribution in [0.2, 0.25) is 0 Å². The van der Waals surface area contributed by atoms with Crippen LogP contribution in [0.1, 0.15) is 94.6 Å². The van der Waals surface area contributed by atoms with Crippen molar-refractivity contribution >= 4 is 5.97 Å². The Labute approximate surface area is 244 Å². The Morgan fingerprint density at radius 1 is 0.780 bits per heavy atom. The highest BCUT2D eigenvalue weighted by molar-refractivity contribution is 5.81. The first kappa shape index (κ1) is 27.4. The molecular formula is C35H44O6. The van der Waals surface area contributed by atoms with Crippen molar-refractivity contribution in [2.24, 2.45) is 17.8 Å². The lowest BCUT2D eigenvalue weighted by Gasteiger charge is -2.28. The van der Waals surface area contributed by atoms with E-state index in [1.54, 1.807) is 0 Å². The summed E-state index contributed by atoms with van der Waals surface area (Å²) in [7, 11) is 0. The number of hydrogen-bond donors (Lipinski definition) is 0. The van der Waals surface area contributed by atoms with Crippen LogP contribution in [0.3, 0.4) is 0 Å². The Kier molecular flexibility index (Phi) is 8.07. The summed E-state index contributed by atoms with van der Waals surface area (Å²) in [5.74, 6) is 3.20. The van der Waals surface area contributed by atoms with Crippen LogP contribution in [0.15, 0.2) is 36.4 Å². The fourth-order valence-corrected chi connectivity index (χ4v) is 7.63. The van der Waals surface area contributed by atoms with Crippen LogP contribution in [-0.2, 0) is 19.0 Å². The second-order valence-corrected chi connectivity index (χ2v) is 13.1. The second-order valence-electron chi connectivity index (χ2n) is 13.1. The number of ether oxygens (including phenoxy) is 5. The minimum atomic E-state index is -0.0734. The highest BCUT2D eigenvalue weighted by Crippen LogP contribution is 2.48. The number of hydrogen-bond acceptors (Lipinski definition) is 6. The van der Waals surface area contributed by atoms with Crippen LogP contribution in [0, 0.1) is 17.8 Å². The van der Waals surface area contributed by atoms with E-state index in [9.17, 15) is 4.79 Å². The van der Waals surface area contributed by atoms with Gasteiger partial charge in [-0.15, -0.1) is 0 Å². The van der Waals surface area contributed by atoms with Gasteiger partial charge in [0.2, 0.25) is 0 Å². The monoisotopic (exact) mass is 560 g/mol. The maximum atomic E-state index is 13.0. The molecule has 2 aliphatic heterocycles. The summed E-state index contributed by atoms with van der Waals surface area (Å²) in [6.45, 7) is 4.39.